The maximum atomic E-state index is 5.43. The van der Waals surface area contributed by atoms with Crippen LogP contribution in [0.15, 0.2) is 28.5 Å². The van der Waals surface area contributed by atoms with E-state index in [4.69, 9.17) is 6.42 Å². The summed E-state index contributed by atoms with van der Waals surface area (Å²) in [6.07, 6.45) is 5.43. The second kappa shape index (κ2) is 5.92. The first-order valence-electron chi connectivity index (χ1n) is 5.45. The SMILES string of the molecule is C#Cc1cc(C)ccc1N=NN(CC)CC. The summed E-state index contributed by atoms with van der Waals surface area (Å²) in [7, 11) is 0. The van der Waals surface area contributed by atoms with Gasteiger partial charge in [-0.3, -0.25) is 5.01 Å². The Morgan fingerprint density at radius 1 is 1.31 bits per heavy atom. The van der Waals surface area contributed by atoms with E-state index in [1.165, 1.54) is 0 Å². The number of hydrogen-bond donors (Lipinski definition) is 0. The van der Waals surface area contributed by atoms with Crippen LogP contribution in [0.25, 0.3) is 0 Å². The Bertz CT molecular complexity index is 412. The van der Waals surface area contributed by atoms with Gasteiger partial charge in [0.1, 0.15) is 5.69 Å². The van der Waals surface area contributed by atoms with E-state index in [0.717, 1.165) is 29.9 Å². The molecule has 0 fully saturated rings. The molecule has 3 heteroatoms. The molecule has 0 spiro atoms. The van der Waals surface area contributed by atoms with Crippen LogP contribution in [0.4, 0.5) is 5.69 Å². The van der Waals surface area contributed by atoms with Crippen LogP contribution >= 0.6 is 0 Å². The number of benzene rings is 1. The highest BCUT2D eigenvalue weighted by molar-refractivity contribution is 5.55. The van der Waals surface area contributed by atoms with Crippen LogP contribution in [-0.2, 0) is 0 Å². The van der Waals surface area contributed by atoms with Crippen LogP contribution in [0.1, 0.15) is 25.0 Å². The van der Waals surface area contributed by atoms with Crippen LogP contribution in [0.2, 0.25) is 0 Å². The fraction of sp³-hybridized carbons (Fsp3) is 0.385. The molecule has 0 aliphatic carbocycles. The van der Waals surface area contributed by atoms with Gasteiger partial charge in [-0.25, -0.2) is 0 Å². The van der Waals surface area contributed by atoms with E-state index in [1.54, 1.807) is 0 Å². The molecule has 1 aromatic rings. The third kappa shape index (κ3) is 3.09. The van der Waals surface area contributed by atoms with Gasteiger partial charge in [-0.05, 0) is 38.5 Å². The zero-order chi connectivity index (χ0) is 12.0. The van der Waals surface area contributed by atoms with Gasteiger partial charge in [0.25, 0.3) is 0 Å². The molecule has 0 bridgehead atoms. The molecule has 3 nitrogen and oxygen atoms in total. The van der Waals surface area contributed by atoms with Gasteiger partial charge in [0, 0.05) is 13.1 Å². The Kier molecular flexibility index (Phi) is 4.53. The highest BCUT2D eigenvalue weighted by Crippen LogP contribution is 2.20. The van der Waals surface area contributed by atoms with Gasteiger partial charge in [0.05, 0.1) is 5.56 Å². The summed E-state index contributed by atoms with van der Waals surface area (Å²) < 4.78 is 0. The van der Waals surface area contributed by atoms with Crippen LogP contribution < -0.4 is 0 Å². The molecule has 0 unspecified atom stereocenters. The summed E-state index contributed by atoms with van der Waals surface area (Å²) in [5.41, 5.74) is 2.67. The van der Waals surface area contributed by atoms with Crippen LogP contribution in [0, 0.1) is 19.3 Å². The zero-order valence-corrected chi connectivity index (χ0v) is 10.1. The summed E-state index contributed by atoms with van der Waals surface area (Å²) in [5.74, 6) is 2.62. The van der Waals surface area contributed by atoms with Crippen molar-refractivity contribution in [1.29, 1.82) is 0 Å². The van der Waals surface area contributed by atoms with E-state index in [0.29, 0.717) is 0 Å². The van der Waals surface area contributed by atoms with Gasteiger partial charge < -0.3 is 0 Å². The molecule has 0 aromatic heterocycles. The number of rotatable bonds is 4. The summed E-state index contributed by atoms with van der Waals surface area (Å²) >= 11 is 0. The first-order valence-corrected chi connectivity index (χ1v) is 5.45. The molecule has 0 amide bonds. The van der Waals surface area contributed by atoms with Gasteiger partial charge in [-0.2, -0.15) is 0 Å². The average molecular weight is 215 g/mol. The van der Waals surface area contributed by atoms with Gasteiger partial charge in [-0.15, -0.1) is 11.5 Å². The second-order valence-electron chi connectivity index (χ2n) is 3.49. The Morgan fingerprint density at radius 3 is 2.56 bits per heavy atom. The van der Waals surface area contributed by atoms with E-state index in [2.05, 4.69) is 16.3 Å². The van der Waals surface area contributed by atoms with Gasteiger partial charge in [-0.1, -0.05) is 17.2 Å². The maximum absolute atomic E-state index is 5.43. The fourth-order valence-electron chi connectivity index (χ4n) is 1.31. The molecule has 16 heavy (non-hydrogen) atoms. The maximum Gasteiger partial charge on any atom is 0.103 e. The van der Waals surface area contributed by atoms with E-state index in [1.807, 2.05) is 44.0 Å². The highest BCUT2D eigenvalue weighted by Gasteiger charge is 1.99. The predicted octanol–water partition coefficient (Wildman–Crippen LogP) is 3.32. The molecular weight excluding hydrogens is 198 g/mol. The molecule has 0 heterocycles. The van der Waals surface area contributed by atoms with Crippen LogP contribution in [0.3, 0.4) is 0 Å². The molecule has 0 aliphatic heterocycles. The summed E-state index contributed by atoms with van der Waals surface area (Å²) in [6.45, 7) is 7.78. The molecule has 1 aromatic carbocycles. The minimum atomic E-state index is 0.750. The predicted molar refractivity (Wildman–Crippen MR) is 66.6 cm³/mol. The Hall–Kier alpha value is -1.82. The number of nitrogens with zero attached hydrogens (tertiary/aromatic N) is 3. The topological polar surface area (TPSA) is 28.0 Å². The monoisotopic (exact) mass is 215 g/mol. The molecule has 0 radical (unpaired) electrons. The van der Waals surface area contributed by atoms with Gasteiger partial charge >= 0.3 is 0 Å². The third-order valence-electron chi connectivity index (χ3n) is 2.32. The molecule has 0 N–H and O–H groups in total. The Labute approximate surface area is 97.2 Å². The average Bonchev–Trinajstić information content (AvgIpc) is 2.31. The Morgan fingerprint density at radius 2 is 2.00 bits per heavy atom. The number of terminal acetylenes is 1. The normalized spacial score (nSPS) is 10.4. The molecule has 0 saturated carbocycles. The Balaban J connectivity index is 2.93. The minimum Gasteiger partial charge on any atom is -0.279 e. The highest BCUT2D eigenvalue weighted by atomic mass is 15.5. The lowest BCUT2D eigenvalue weighted by molar-refractivity contribution is 0.300. The van der Waals surface area contributed by atoms with Gasteiger partial charge in [0.15, 0.2) is 0 Å². The smallest absolute Gasteiger partial charge is 0.103 e. The second-order valence-corrected chi connectivity index (χ2v) is 3.49. The molecule has 84 valence electrons. The first kappa shape index (κ1) is 12.3. The lowest BCUT2D eigenvalue weighted by atomic mass is 10.1. The van der Waals surface area contributed by atoms with E-state index in [-0.39, 0.29) is 0 Å². The first-order chi connectivity index (χ1) is 7.71. The van der Waals surface area contributed by atoms with Crippen molar-refractivity contribution < 1.29 is 0 Å². The fourth-order valence-corrected chi connectivity index (χ4v) is 1.31. The lowest BCUT2D eigenvalue weighted by Gasteiger charge is -2.11. The summed E-state index contributed by atoms with van der Waals surface area (Å²) in [6, 6.07) is 5.82. The third-order valence-corrected chi connectivity index (χ3v) is 2.32. The van der Waals surface area contributed by atoms with Crippen molar-refractivity contribution in [3.05, 3.63) is 29.3 Å². The minimum absolute atomic E-state index is 0.750. The number of hydrogen-bond acceptors (Lipinski definition) is 2. The standard InChI is InChI=1S/C13H17N3/c1-5-12-10-11(4)8-9-13(12)14-15-16(6-2)7-3/h1,8-10H,6-7H2,2-4H3. The number of aryl methyl sites for hydroxylation is 1. The lowest BCUT2D eigenvalue weighted by Crippen LogP contribution is -2.14. The largest absolute Gasteiger partial charge is 0.279 e. The van der Waals surface area contributed by atoms with Crippen LogP contribution in [0.5, 0.6) is 0 Å². The molecular formula is C13H17N3. The van der Waals surface area contributed by atoms with E-state index < -0.39 is 0 Å². The van der Waals surface area contributed by atoms with Gasteiger partial charge in [0.2, 0.25) is 0 Å². The van der Waals surface area contributed by atoms with Crippen molar-refractivity contribution in [3.63, 3.8) is 0 Å². The quantitative estimate of drug-likeness (QED) is 0.430. The molecule has 0 saturated heterocycles. The van der Waals surface area contributed by atoms with E-state index in [9.17, 15) is 0 Å². The zero-order valence-electron chi connectivity index (χ0n) is 10.1. The van der Waals surface area contributed by atoms with E-state index >= 15 is 0 Å². The summed E-state index contributed by atoms with van der Waals surface area (Å²) in [5, 5.41) is 10.2. The van der Waals surface area contributed by atoms with Crippen molar-refractivity contribution in [2.75, 3.05) is 13.1 Å². The van der Waals surface area contributed by atoms with Crippen molar-refractivity contribution in [2.45, 2.75) is 20.8 Å². The molecule has 0 aliphatic rings. The van der Waals surface area contributed by atoms with Crippen molar-refractivity contribution in [1.82, 2.24) is 5.01 Å². The molecule has 0 atom stereocenters. The van der Waals surface area contributed by atoms with Crippen molar-refractivity contribution in [2.24, 2.45) is 10.3 Å². The van der Waals surface area contributed by atoms with Crippen LogP contribution in [-0.4, -0.2) is 18.1 Å². The van der Waals surface area contributed by atoms with Crippen molar-refractivity contribution in [3.8, 4) is 12.3 Å². The van der Waals surface area contributed by atoms with Crippen molar-refractivity contribution >= 4 is 5.69 Å². The molecule has 1 rings (SSSR count). The summed E-state index contributed by atoms with van der Waals surface area (Å²) in [4.78, 5) is 0.